The molecule has 1 saturated carbocycles. The Hall–Kier alpha value is 0.0500. The predicted octanol–water partition coefficient (Wildman–Crippen LogP) is 3.07. The van der Waals surface area contributed by atoms with Crippen molar-refractivity contribution in [1.29, 1.82) is 0 Å². The van der Waals surface area contributed by atoms with Gasteiger partial charge in [0.05, 0.1) is 0 Å². The van der Waals surface area contributed by atoms with Gasteiger partial charge in [0.25, 0.3) is 0 Å². The molecule has 2 atom stereocenters. The average Bonchev–Trinajstić information content (AvgIpc) is 2.15. The second kappa shape index (κ2) is 6.52. The zero-order chi connectivity index (χ0) is 10.4. The van der Waals surface area contributed by atoms with Crippen molar-refractivity contribution >= 4 is 11.8 Å². The van der Waals surface area contributed by atoms with Crippen molar-refractivity contribution in [2.45, 2.75) is 37.9 Å². The highest BCUT2D eigenvalue weighted by Crippen LogP contribution is 2.32. The molecule has 1 rings (SSSR count). The van der Waals surface area contributed by atoms with Crippen molar-refractivity contribution in [2.75, 3.05) is 19.3 Å². The Morgan fingerprint density at radius 1 is 1.50 bits per heavy atom. The van der Waals surface area contributed by atoms with Crippen LogP contribution in [0.15, 0.2) is 12.2 Å². The summed E-state index contributed by atoms with van der Waals surface area (Å²) in [5.41, 5.74) is 1.33. The van der Waals surface area contributed by atoms with E-state index in [1.165, 1.54) is 31.3 Å². The zero-order valence-electron chi connectivity index (χ0n) is 9.51. The van der Waals surface area contributed by atoms with Crippen LogP contribution in [0.25, 0.3) is 0 Å². The minimum absolute atomic E-state index is 0.896. The minimum Gasteiger partial charge on any atom is -0.316 e. The summed E-state index contributed by atoms with van der Waals surface area (Å²) in [6.45, 7) is 7.42. The Labute approximate surface area is 92.7 Å². The summed E-state index contributed by atoms with van der Waals surface area (Å²) >= 11 is 2.11. The summed E-state index contributed by atoms with van der Waals surface area (Å²) in [6.07, 6.45) is 5.70. The monoisotopic (exact) mass is 213 g/mol. The van der Waals surface area contributed by atoms with E-state index < -0.39 is 0 Å². The van der Waals surface area contributed by atoms with Gasteiger partial charge in [-0.3, -0.25) is 0 Å². The molecule has 82 valence electrons. The van der Waals surface area contributed by atoms with Crippen LogP contribution >= 0.6 is 11.8 Å². The van der Waals surface area contributed by atoms with E-state index in [9.17, 15) is 0 Å². The van der Waals surface area contributed by atoms with Gasteiger partial charge in [0.2, 0.25) is 0 Å². The largest absolute Gasteiger partial charge is 0.316 e. The molecule has 0 saturated heterocycles. The molecule has 0 aliphatic heterocycles. The van der Waals surface area contributed by atoms with Crippen LogP contribution in [0.3, 0.4) is 0 Å². The lowest BCUT2D eigenvalue weighted by Crippen LogP contribution is -2.17. The Morgan fingerprint density at radius 2 is 2.29 bits per heavy atom. The maximum absolute atomic E-state index is 4.06. The van der Waals surface area contributed by atoms with E-state index in [2.05, 4.69) is 30.6 Å². The summed E-state index contributed by atoms with van der Waals surface area (Å²) in [5.74, 6) is 2.08. The van der Waals surface area contributed by atoms with E-state index in [0.29, 0.717) is 0 Å². The van der Waals surface area contributed by atoms with Gasteiger partial charge in [0, 0.05) is 17.5 Å². The molecule has 1 nitrogen and oxygen atoms in total. The summed E-state index contributed by atoms with van der Waals surface area (Å²) in [5, 5.41) is 4.05. The summed E-state index contributed by atoms with van der Waals surface area (Å²) in [6, 6.07) is 0. The molecule has 1 fully saturated rings. The molecule has 14 heavy (non-hydrogen) atoms. The first-order valence-corrected chi connectivity index (χ1v) is 6.70. The van der Waals surface area contributed by atoms with Crippen molar-refractivity contribution in [3.63, 3.8) is 0 Å². The first-order valence-electron chi connectivity index (χ1n) is 5.65. The van der Waals surface area contributed by atoms with Crippen LogP contribution in [0, 0.1) is 5.92 Å². The molecule has 1 N–H and O–H groups in total. The van der Waals surface area contributed by atoms with Crippen molar-refractivity contribution in [3.8, 4) is 0 Å². The number of hydrogen-bond acceptors (Lipinski definition) is 2. The lowest BCUT2D eigenvalue weighted by atomic mass is 9.91. The highest BCUT2D eigenvalue weighted by atomic mass is 32.2. The van der Waals surface area contributed by atoms with Gasteiger partial charge in [-0.05, 0) is 25.8 Å². The first kappa shape index (κ1) is 12.1. The molecule has 0 bridgehead atoms. The lowest BCUT2D eigenvalue weighted by molar-refractivity contribution is 0.394. The van der Waals surface area contributed by atoms with Crippen molar-refractivity contribution in [3.05, 3.63) is 12.2 Å². The summed E-state index contributed by atoms with van der Waals surface area (Å²) in [4.78, 5) is 0. The molecule has 0 radical (unpaired) electrons. The number of thioether (sulfide) groups is 1. The predicted molar refractivity (Wildman–Crippen MR) is 66.9 cm³/mol. The van der Waals surface area contributed by atoms with Gasteiger partial charge in [0.15, 0.2) is 0 Å². The molecule has 0 aromatic carbocycles. The molecule has 0 spiro atoms. The van der Waals surface area contributed by atoms with Crippen molar-refractivity contribution in [2.24, 2.45) is 5.92 Å². The van der Waals surface area contributed by atoms with E-state index >= 15 is 0 Å². The lowest BCUT2D eigenvalue weighted by Gasteiger charge is -2.26. The third kappa shape index (κ3) is 4.52. The van der Waals surface area contributed by atoms with Crippen molar-refractivity contribution in [1.82, 2.24) is 5.32 Å². The summed E-state index contributed by atoms with van der Waals surface area (Å²) in [7, 11) is 1.98. The van der Waals surface area contributed by atoms with Crippen LogP contribution in [0.1, 0.15) is 32.6 Å². The average molecular weight is 213 g/mol. The van der Waals surface area contributed by atoms with E-state index in [1.54, 1.807) is 0 Å². The third-order valence-electron chi connectivity index (χ3n) is 2.84. The van der Waals surface area contributed by atoms with Gasteiger partial charge in [0.1, 0.15) is 0 Å². The fourth-order valence-electron chi connectivity index (χ4n) is 2.07. The Kier molecular flexibility index (Phi) is 5.64. The summed E-state index contributed by atoms with van der Waals surface area (Å²) < 4.78 is 0. The third-order valence-corrected chi connectivity index (χ3v) is 4.31. The fourth-order valence-corrected chi connectivity index (χ4v) is 3.44. The fraction of sp³-hybridized carbons (Fsp3) is 0.833. The quantitative estimate of drug-likeness (QED) is 0.704. The molecule has 2 heteroatoms. The van der Waals surface area contributed by atoms with Crippen LogP contribution in [0.4, 0.5) is 0 Å². The van der Waals surface area contributed by atoms with Crippen LogP contribution in [0.2, 0.25) is 0 Å². The SMILES string of the molecule is C=C(CNC)CSC1CCCC(C)C1. The Morgan fingerprint density at radius 3 is 2.93 bits per heavy atom. The Balaban J connectivity index is 2.14. The highest BCUT2D eigenvalue weighted by molar-refractivity contribution is 8.00. The van der Waals surface area contributed by atoms with Gasteiger partial charge >= 0.3 is 0 Å². The Bertz CT molecular complexity index is 179. The van der Waals surface area contributed by atoms with E-state index in [1.807, 2.05) is 7.05 Å². The van der Waals surface area contributed by atoms with Crippen LogP contribution in [0.5, 0.6) is 0 Å². The standard InChI is InChI=1S/C12H23NS/c1-10-5-4-6-12(7-10)14-9-11(2)8-13-3/h10,12-13H,2,4-9H2,1,3H3. The van der Waals surface area contributed by atoms with Gasteiger partial charge < -0.3 is 5.32 Å². The maximum Gasteiger partial charge on any atom is 0.0167 e. The minimum atomic E-state index is 0.896. The second-order valence-electron chi connectivity index (χ2n) is 4.49. The molecule has 0 amide bonds. The highest BCUT2D eigenvalue weighted by Gasteiger charge is 2.18. The van der Waals surface area contributed by atoms with Crippen LogP contribution in [-0.4, -0.2) is 24.6 Å². The van der Waals surface area contributed by atoms with E-state index in [-0.39, 0.29) is 0 Å². The topological polar surface area (TPSA) is 12.0 Å². The van der Waals surface area contributed by atoms with E-state index in [4.69, 9.17) is 0 Å². The van der Waals surface area contributed by atoms with Gasteiger partial charge in [-0.25, -0.2) is 0 Å². The maximum atomic E-state index is 4.06. The van der Waals surface area contributed by atoms with Gasteiger partial charge in [-0.2, -0.15) is 11.8 Å². The number of nitrogens with one attached hydrogen (secondary N) is 1. The second-order valence-corrected chi connectivity index (χ2v) is 5.77. The van der Waals surface area contributed by atoms with Crippen LogP contribution in [-0.2, 0) is 0 Å². The molecule has 0 aromatic heterocycles. The van der Waals surface area contributed by atoms with Gasteiger partial charge in [-0.1, -0.05) is 31.9 Å². The molecular formula is C12H23NS. The molecule has 1 aliphatic rings. The van der Waals surface area contributed by atoms with E-state index in [0.717, 1.165) is 23.5 Å². The van der Waals surface area contributed by atoms with Crippen LogP contribution < -0.4 is 5.32 Å². The molecule has 1 aliphatic carbocycles. The molecule has 0 aromatic rings. The zero-order valence-corrected chi connectivity index (χ0v) is 10.3. The molecular weight excluding hydrogens is 190 g/mol. The molecule has 2 unspecified atom stereocenters. The normalized spacial score (nSPS) is 27.6. The van der Waals surface area contributed by atoms with Crippen molar-refractivity contribution < 1.29 is 0 Å². The smallest absolute Gasteiger partial charge is 0.0167 e. The number of rotatable bonds is 5. The molecule has 0 heterocycles. The number of hydrogen-bond donors (Lipinski definition) is 1. The number of likely N-dealkylation sites (N-methyl/N-ethyl adjacent to an activating group) is 1. The first-order chi connectivity index (χ1) is 6.72. The van der Waals surface area contributed by atoms with Gasteiger partial charge in [-0.15, -0.1) is 0 Å².